The zero-order valence-electron chi connectivity index (χ0n) is 14.1. The van der Waals surface area contributed by atoms with E-state index in [9.17, 15) is 9.59 Å². The topological polar surface area (TPSA) is 49.4 Å². The number of carbonyl (C=O) groups is 2. The van der Waals surface area contributed by atoms with E-state index in [1.807, 2.05) is 4.90 Å². The zero-order valence-corrected chi connectivity index (χ0v) is 14.9. The van der Waals surface area contributed by atoms with Crippen LogP contribution in [0, 0.1) is 5.92 Å². The van der Waals surface area contributed by atoms with Crippen molar-refractivity contribution in [3.63, 3.8) is 0 Å². The number of rotatable bonds is 2. The molecule has 1 saturated heterocycles. The standard InChI is InChI=1S/C18H26N2O2S/c1-12-7-8-14-15(11-12)23-17(19-13(2)21)16(14)18(22)20-9-5-3-4-6-10-20/h12H,3-11H2,1-2H3,(H,19,21). The van der Waals surface area contributed by atoms with Crippen LogP contribution in [0.1, 0.15) is 66.8 Å². The first-order chi connectivity index (χ1) is 11.1. The minimum atomic E-state index is -0.0958. The van der Waals surface area contributed by atoms with Crippen LogP contribution >= 0.6 is 11.3 Å². The molecule has 5 heteroatoms. The number of amides is 2. The number of fused-ring (bicyclic) bond motifs is 1. The van der Waals surface area contributed by atoms with Crippen LogP contribution in [-0.2, 0) is 17.6 Å². The normalized spacial score (nSPS) is 21.5. The molecule has 2 amide bonds. The second-order valence-electron chi connectivity index (χ2n) is 6.94. The van der Waals surface area contributed by atoms with E-state index in [1.54, 1.807) is 11.3 Å². The van der Waals surface area contributed by atoms with Gasteiger partial charge in [-0.25, -0.2) is 0 Å². The maximum absolute atomic E-state index is 13.2. The molecule has 0 saturated carbocycles. The first-order valence-electron chi connectivity index (χ1n) is 8.77. The van der Waals surface area contributed by atoms with Crippen LogP contribution in [-0.4, -0.2) is 29.8 Å². The van der Waals surface area contributed by atoms with E-state index < -0.39 is 0 Å². The van der Waals surface area contributed by atoms with Crippen LogP contribution in [0.5, 0.6) is 0 Å². The third kappa shape index (κ3) is 3.60. The van der Waals surface area contributed by atoms with Gasteiger partial charge in [-0.15, -0.1) is 11.3 Å². The van der Waals surface area contributed by atoms with Gasteiger partial charge in [0.25, 0.3) is 5.91 Å². The molecule has 1 atom stereocenters. The van der Waals surface area contributed by atoms with Crippen molar-refractivity contribution in [3.05, 3.63) is 16.0 Å². The highest BCUT2D eigenvalue weighted by Crippen LogP contribution is 2.40. The molecule has 0 bridgehead atoms. The van der Waals surface area contributed by atoms with Gasteiger partial charge in [-0.1, -0.05) is 19.8 Å². The van der Waals surface area contributed by atoms with Gasteiger partial charge < -0.3 is 10.2 Å². The second kappa shape index (κ2) is 7.04. The second-order valence-corrected chi connectivity index (χ2v) is 8.05. The highest BCUT2D eigenvalue weighted by molar-refractivity contribution is 7.17. The van der Waals surface area contributed by atoms with Crippen LogP contribution in [0.2, 0.25) is 0 Å². The van der Waals surface area contributed by atoms with E-state index in [2.05, 4.69) is 12.2 Å². The Hall–Kier alpha value is -1.36. The summed E-state index contributed by atoms with van der Waals surface area (Å²) in [6.07, 6.45) is 7.71. The number of nitrogens with zero attached hydrogens (tertiary/aromatic N) is 1. The summed E-state index contributed by atoms with van der Waals surface area (Å²) in [5.74, 6) is 0.691. The van der Waals surface area contributed by atoms with E-state index in [4.69, 9.17) is 0 Å². The summed E-state index contributed by atoms with van der Waals surface area (Å²) >= 11 is 1.61. The smallest absolute Gasteiger partial charge is 0.257 e. The Balaban J connectivity index is 1.94. The van der Waals surface area contributed by atoms with Crippen molar-refractivity contribution >= 4 is 28.2 Å². The molecule has 1 aliphatic carbocycles. The van der Waals surface area contributed by atoms with Gasteiger partial charge in [0.1, 0.15) is 5.00 Å². The molecule has 0 radical (unpaired) electrons. The van der Waals surface area contributed by atoms with Crippen molar-refractivity contribution in [2.45, 2.75) is 58.8 Å². The lowest BCUT2D eigenvalue weighted by molar-refractivity contribution is -0.114. The van der Waals surface area contributed by atoms with Crippen molar-refractivity contribution in [3.8, 4) is 0 Å². The lowest BCUT2D eigenvalue weighted by Crippen LogP contribution is -2.33. The van der Waals surface area contributed by atoms with Gasteiger partial charge >= 0.3 is 0 Å². The Morgan fingerprint density at radius 3 is 2.52 bits per heavy atom. The molecular formula is C18H26N2O2S. The molecule has 1 fully saturated rings. The number of anilines is 1. The minimum absolute atomic E-state index is 0.0958. The van der Waals surface area contributed by atoms with Crippen LogP contribution in [0.25, 0.3) is 0 Å². The highest BCUT2D eigenvalue weighted by atomic mass is 32.1. The van der Waals surface area contributed by atoms with Gasteiger partial charge in [0.2, 0.25) is 5.91 Å². The SMILES string of the molecule is CC(=O)Nc1sc2c(c1C(=O)N1CCCCCC1)CCC(C)C2. The maximum Gasteiger partial charge on any atom is 0.257 e. The molecule has 126 valence electrons. The van der Waals surface area contributed by atoms with Crippen LogP contribution in [0.3, 0.4) is 0 Å². The summed E-state index contributed by atoms with van der Waals surface area (Å²) in [6.45, 7) is 5.47. The fourth-order valence-corrected chi connectivity index (χ4v) is 5.11. The molecule has 1 N–H and O–H groups in total. The van der Waals surface area contributed by atoms with Gasteiger partial charge in [0, 0.05) is 24.9 Å². The summed E-state index contributed by atoms with van der Waals surface area (Å²) in [6, 6.07) is 0. The quantitative estimate of drug-likeness (QED) is 0.893. The third-order valence-corrected chi connectivity index (χ3v) is 6.08. The summed E-state index contributed by atoms with van der Waals surface area (Å²) in [5.41, 5.74) is 1.99. The van der Waals surface area contributed by atoms with Crippen molar-refractivity contribution in [1.82, 2.24) is 4.90 Å². The van der Waals surface area contributed by atoms with Crippen molar-refractivity contribution in [2.24, 2.45) is 5.92 Å². The molecule has 1 aromatic heterocycles. The van der Waals surface area contributed by atoms with Crippen LogP contribution in [0.4, 0.5) is 5.00 Å². The number of hydrogen-bond donors (Lipinski definition) is 1. The van der Waals surface area contributed by atoms with E-state index in [0.717, 1.165) is 55.8 Å². The first kappa shape index (κ1) is 16.5. The fourth-order valence-electron chi connectivity index (χ4n) is 3.66. The molecule has 0 aromatic carbocycles. The molecule has 2 heterocycles. The molecule has 1 aliphatic heterocycles. The minimum Gasteiger partial charge on any atom is -0.339 e. The van der Waals surface area contributed by atoms with Crippen molar-refractivity contribution in [2.75, 3.05) is 18.4 Å². The molecule has 23 heavy (non-hydrogen) atoms. The van der Waals surface area contributed by atoms with E-state index in [1.165, 1.54) is 30.2 Å². The van der Waals surface area contributed by atoms with Crippen molar-refractivity contribution < 1.29 is 9.59 Å². The predicted octanol–water partition coefficient (Wildman–Crippen LogP) is 3.85. The molecular weight excluding hydrogens is 308 g/mol. The number of likely N-dealkylation sites (tertiary alicyclic amines) is 1. The molecule has 3 rings (SSSR count). The van der Waals surface area contributed by atoms with Gasteiger partial charge in [-0.2, -0.15) is 0 Å². The number of nitrogens with one attached hydrogen (secondary N) is 1. The summed E-state index contributed by atoms with van der Waals surface area (Å²) < 4.78 is 0. The van der Waals surface area contributed by atoms with Gasteiger partial charge in [-0.3, -0.25) is 9.59 Å². The van der Waals surface area contributed by atoms with Crippen molar-refractivity contribution in [1.29, 1.82) is 0 Å². The van der Waals surface area contributed by atoms with E-state index in [-0.39, 0.29) is 11.8 Å². The third-order valence-electron chi connectivity index (χ3n) is 4.91. The average molecular weight is 334 g/mol. The highest BCUT2D eigenvalue weighted by Gasteiger charge is 2.30. The Labute approximate surface area is 142 Å². The Bertz CT molecular complexity index is 600. The molecule has 1 unspecified atom stereocenters. The predicted molar refractivity (Wildman–Crippen MR) is 94.2 cm³/mol. The lowest BCUT2D eigenvalue weighted by Gasteiger charge is -2.23. The summed E-state index contributed by atoms with van der Waals surface area (Å²) in [4.78, 5) is 28.0. The van der Waals surface area contributed by atoms with E-state index in [0.29, 0.717) is 5.92 Å². The molecule has 4 nitrogen and oxygen atoms in total. The molecule has 0 spiro atoms. The number of hydrogen-bond acceptors (Lipinski definition) is 3. The summed E-state index contributed by atoms with van der Waals surface area (Å²) in [7, 11) is 0. The van der Waals surface area contributed by atoms with Crippen LogP contribution < -0.4 is 5.32 Å². The van der Waals surface area contributed by atoms with Crippen LogP contribution in [0.15, 0.2) is 0 Å². The van der Waals surface area contributed by atoms with Gasteiger partial charge in [-0.05, 0) is 43.6 Å². The Kier molecular flexibility index (Phi) is 5.05. The van der Waals surface area contributed by atoms with E-state index >= 15 is 0 Å². The lowest BCUT2D eigenvalue weighted by atomic mass is 9.88. The fraction of sp³-hybridized carbons (Fsp3) is 0.667. The Morgan fingerprint density at radius 1 is 1.17 bits per heavy atom. The molecule has 2 aliphatic rings. The first-order valence-corrected chi connectivity index (χ1v) is 9.59. The maximum atomic E-state index is 13.2. The number of thiophene rings is 1. The zero-order chi connectivity index (χ0) is 16.4. The van der Waals surface area contributed by atoms with Gasteiger partial charge in [0.15, 0.2) is 0 Å². The summed E-state index contributed by atoms with van der Waals surface area (Å²) in [5, 5.41) is 3.68. The molecule has 1 aromatic rings. The largest absolute Gasteiger partial charge is 0.339 e. The Morgan fingerprint density at radius 2 is 1.87 bits per heavy atom. The monoisotopic (exact) mass is 334 g/mol. The number of carbonyl (C=O) groups excluding carboxylic acids is 2. The average Bonchev–Trinajstić information content (AvgIpc) is 2.68. The van der Waals surface area contributed by atoms with Gasteiger partial charge in [0.05, 0.1) is 5.56 Å².